The summed E-state index contributed by atoms with van der Waals surface area (Å²) in [6, 6.07) is 0. The summed E-state index contributed by atoms with van der Waals surface area (Å²) in [5.41, 5.74) is 4.32. The van der Waals surface area contributed by atoms with Gasteiger partial charge in [0.2, 0.25) is 15.7 Å². The Morgan fingerprint density at radius 3 is 2.70 bits per heavy atom. The number of nitrogens with zero attached hydrogens (tertiary/aromatic N) is 6. The van der Waals surface area contributed by atoms with Gasteiger partial charge in [0.1, 0.15) is 17.9 Å². The predicted molar refractivity (Wildman–Crippen MR) is 101 cm³/mol. The Morgan fingerprint density at radius 1 is 1.22 bits per heavy atom. The molecule has 0 aliphatic carbocycles. The van der Waals surface area contributed by atoms with Crippen molar-refractivity contribution in [1.82, 2.24) is 34.3 Å². The van der Waals surface area contributed by atoms with E-state index in [0.717, 1.165) is 28.1 Å². The SMILES string of the molecule is CCOCc1nc2c(c(C)c(C)n3nnnc23)n1CCCCS(=O)(=O)NC. The highest BCUT2D eigenvalue weighted by Crippen LogP contribution is 2.26. The second-order valence-electron chi connectivity index (χ2n) is 6.37. The number of unbranched alkanes of at least 4 members (excludes halogenated alkanes) is 1. The van der Waals surface area contributed by atoms with Crippen molar-refractivity contribution in [2.24, 2.45) is 0 Å². The average Bonchev–Trinajstić information content (AvgIpc) is 3.26. The summed E-state index contributed by atoms with van der Waals surface area (Å²) < 4.78 is 35.0. The predicted octanol–water partition coefficient (Wildman–Crippen LogP) is 0.957. The van der Waals surface area contributed by atoms with Gasteiger partial charge in [0.15, 0.2) is 0 Å². The Labute approximate surface area is 158 Å². The number of nitrogens with one attached hydrogen (secondary N) is 1. The summed E-state index contributed by atoms with van der Waals surface area (Å²) >= 11 is 0. The molecule has 0 aliphatic rings. The van der Waals surface area contributed by atoms with Gasteiger partial charge in [-0.1, -0.05) is 0 Å². The zero-order valence-electron chi connectivity index (χ0n) is 16.1. The van der Waals surface area contributed by atoms with Crippen molar-refractivity contribution in [1.29, 1.82) is 0 Å². The topological polar surface area (TPSA) is 116 Å². The van der Waals surface area contributed by atoms with Gasteiger partial charge in [-0.05, 0) is 56.7 Å². The highest BCUT2D eigenvalue weighted by atomic mass is 32.2. The summed E-state index contributed by atoms with van der Waals surface area (Å²) in [6.07, 6.45) is 1.27. The van der Waals surface area contributed by atoms with Gasteiger partial charge in [-0.2, -0.15) is 4.52 Å². The van der Waals surface area contributed by atoms with Crippen LogP contribution in [0.5, 0.6) is 0 Å². The molecule has 11 heteroatoms. The number of aryl methyl sites for hydroxylation is 3. The van der Waals surface area contributed by atoms with Crippen molar-refractivity contribution in [3.63, 3.8) is 0 Å². The monoisotopic (exact) mass is 395 g/mol. The number of rotatable bonds is 9. The third-order valence-electron chi connectivity index (χ3n) is 4.73. The molecule has 0 atom stereocenters. The van der Waals surface area contributed by atoms with Gasteiger partial charge in [0.05, 0.1) is 11.3 Å². The van der Waals surface area contributed by atoms with Crippen LogP contribution in [0.25, 0.3) is 16.7 Å². The Bertz CT molecular complexity index is 1060. The number of sulfonamides is 1. The van der Waals surface area contributed by atoms with Gasteiger partial charge in [-0.3, -0.25) is 0 Å². The molecule has 0 bridgehead atoms. The molecule has 0 fully saturated rings. The molecule has 0 saturated heterocycles. The number of aromatic nitrogens is 6. The van der Waals surface area contributed by atoms with E-state index in [4.69, 9.17) is 9.72 Å². The number of imidazole rings is 1. The highest BCUT2D eigenvalue weighted by molar-refractivity contribution is 7.89. The molecule has 0 aromatic carbocycles. The first-order chi connectivity index (χ1) is 12.9. The van der Waals surface area contributed by atoms with Crippen molar-refractivity contribution >= 4 is 26.7 Å². The molecule has 10 nitrogen and oxygen atoms in total. The van der Waals surface area contributed by atoms with Crippen molar-refractivity contribution in [2.75, 3.05) is 19.4 Å². The van der Waals surface area contributed by atoms with E-state index in [-0.39, 0.29) is 5.75 Å². The van der Waals surface area contributed by atoms with Crippen LogP contribution < -0.4 is 4.72 Å². The Morgan fingerprint density at radius 2 is 2.00 bits per heavy atom. The van der Waals surface area contributed by atoms with Crippen molar-refractivity contribution in [3.05, 3.63) is 17.1 Å². The molecule has 3 aromatic rings. The summed E-state index contributed by atoms with van der Waals surface area (Å²) in [4.78, 5) is 4.74. The Balaban J connectivity index is 1.99. The first-order valence-corrected chi connectivity index (χ1v) is 10.6. The lowest BCUT2D eigenvalue weighted by molar-refractivity contribution is 0.126. The maximum Gasteiger partial charge on any atom is 0.211 e. The van der Waals surface area contributed by atoms with Crippen LogP contribution in [0, 0.1) is 13.8 Å². The molecular weight excluding hydrogens is 370 g/mol. The second kappa shape index (κ2) is 7.87. The molecule has 3 heterocycles. The molecular formula is C16H25N7O3S. The molecule has 0 unspecified atom stereocenters. The van der Waals surface area contributed by atoms with Crippen LogP contribution >= 0.6 is 0 Å². The quantitative estimate of drug-likeness (QED) is 0.536. The van der Waals surface area contributed by atoms with Crippen LogP contribution in [0.1, 0.15) is 36.8 Å². The second-order valence-corrected chi connectivity index (χ2v) is 8.41. The molecule has 0 radical (unpaired) electrons. The Kier molecular flexibility index (Phi) is 5.72. The van der Waals surface area contributed by atoms with Gasteiger partial charge in [0, 0.05) is 18.8 Å². The molecule has 0 amide bonds. The zero-order chi connectivity index (χ0) is 19.6. The lowest BCUT2D eigenvalue weighted by Crippen LogP contribution is -2.22. The molecule has 27 heavy (non-hydrogen) atoms. The fraction of sp³-hybridized carbons (Fsp3) is 0.625. The van der Waals surface area contributed by atoms with Gasteiger partial charge >= 0.3 is 0 Å². The largest absolute Gasteiger partial charge is 0.374 e. The van der Waals surface area contributed by atoms with Crippen molar-refractivity contribution in [3.8, 4) is 0 Å². The first-order valence-electron chi connectivity index (χ1n) is 8.95. The minimum atomic E-state index is -3.19. The van der Waals surface area contributed by atoms with E-state index in [2.05, 4.69) is 24.8 Å². The van der Waals surface area contributed by atoms with Crippen LogP contribution in [-0.2, 0) is 27.9 Å². The maximum absolute atomic E-state index is 11.6. The number of ether oxygens (including phenoxy) is 1. The molecule has 148 valence electrons. The zero-order valence-corrected chi connectivity index (χ0v) is 16.9. The van der Waals surface area contributed by atoms with E-state index in [9.17, 15) is 8.42 Å². The van der Waals surface area contributed by atoms with Crippen LogP contribution in [0.2, 0.25) is 0 Å². The molecule has 3 aromatic heterocycles. The third-order valence-corrected chi connectivity index (χ3v) is 6.18. The Hall–Kier alpha value is -2.11. The number of hydrogen-bond donors (Lipinski definition) is 1. The molecule has 0 saturated carbocycles. The average molecular weight is 395 g/mol. The summed E-state index contributed by atoms with van der Waals surface area (Å²) in [7, 11) is -1.76. The van der Waals surface area contributed by atoms with Crippen molar-refractivity contribution in [2.45, 2.75) is 46.8 Å². The summed E-state index contributed by atoms with van der Waals surface area (Å²) in [6.45, 7) is 7.54. The van der Waals surface area contributed by atoms with E-state index >= 15 is 0 Å². The normalized spacial score (nSPS) is 12.4. The lowest BCUT2D eigenvalue weighted by Gasteiger charge is -2.12. The number of hydrogen-bond acceptors (Lipinski definition) is 7. The van der Waals surface area contributed by atoms with Crippen LogP contribution in [0.15, 0.2) is 0 Å². The molecule has 0 aliphatic heterocycles. The lowest BCUT2D eigenvalue weighted by atomic mass is 10.2. The minimum absolute atomic E-state index is 0.104. The number of fused-ring (bicyclic) bond motifs is 3. The van der Waals surface area contributed by atoms with E-state index in [1.807, 2.05) is 20.8 Å². The van der Waals surface area contributed by atoms with E-state index in [0.29, 0.717) is 38.2 Å². The van der Waals surface area contributed by atoms with E-state index in [1.165, 1.54) is 7.05 Å². The van der Waals surface area contributed by atoms with Gasteiger partial charge < -0.3 is 9.30 Å². The molecule has 1 N–H and O–H groups in total. The third kappa shape index (κ3) is 3.80. The van der Waals surface area contributed by atoms with Gasteiger partial charge in [-0.25, -0.2) is 18.1 Å². The number of pyridine rings is 1. The molecule has 3 rings (SSSR count). The van der Waals surface area contributed by atoms with E-state index in [1.54, 1.807) is 4.52 Å². The summed E-state index contributed by atoms with van der Waals surface area (Å²) in [5, 5.41) is 11.9. The van der Waals surface area contributed by atoms with Gasteiger partial charge in [0.25, 0.3) is 0 Å². The van der Waals surface area contributed by atoms with Crippen LogP contribution in [0.3, 0.4) is 0 Å². The fourth-order valence-electron chi connectivity index (χ4n) is 3.13. The highest BCUT2D eigenvalue weighted by Gasteiger charge is 2.20. The van der Waals surface area contributed by atoms with Crippen LogP contribution in [0.4, 0.5) is 0 Å². The minimum Gasteiger partial charge on any atom is -0.374 e. The maximum atomic E-state index is 11.6. The van der Waals surface area contributed by atoms with Gasteiger partial charge in [-0.15, -0.1) is 5.10 Å². The number of tetrazole rings is 1. The van der Waals surface area contributed by atoms with Crippen molar-refractivity contribution < 1.29 is 13.2 Å². The standard InChI is InChI=1S/C16H25N7O3S/c1-5-26-10-13-18-14-15(11(2)12(3)23-16(14)19-20-21-23)22(13)8-6-7-9-27(24,25)17-4/h17H,5-10H2,1-4H3. The summed E-state index contributed by atoms with van der Waals surface area (Å²) in [5.74, 6) is 0.898. The molecule has 0 spiro atoms. The fourth-order valence-corrected chi connectivity index (χ4v) is 3.92. The van der Waals surface area contributed by atoms with Crippen LogP contribution in [-0.4, -0.2) is 57.4 Å². The first kappa shape index (κ1) is 19.6. The smallest absolute Gasteiger partial charge is 0.211 e. The van der Waals surface area contributed by atoms with E-state index < -0.39 is 10.0 Å².